The molecule has 1 atom stereocenters. The van der Waals surface area contributed by atoms with Gasteiger partial charge in [0.25, 0.3) is 0 Å². The maximum Gasteiger partial charge on any atom is 0.243 e. The van der Waals surface area contributed by atoms with Crippen molar-refractivity contribution in [2.45, 2.75) is 59.0 Å². The van der Waals surface area contributed by atoms with E-state index in [1.54, 1.807) is 18.2 Å². The second kappa shape index (κ2) is 15.5. The van der Waals surface area contributed by atoms with Gasteiger partial charge in [-0.05, 0) is 56.0 Å². The molecule has 0 aromatic heterocycles. The number of rotatable bonds is 15. The number of hydrogen-bond acceptors (Lipinski definition) is 4. The van der Waals surface area contributed by atoms with E-state index in [9.17, 15) is 14.0 Å². The lowest BCUT2D eigenvalue weighted by Crippen LogP contribution is -2.50. The maximum atomic E-state index is 14.7. The largest absolute Gasteiger partial charge is 0.490 e. The van der Waals surface area contributed by atoms with Crippen molar-refractivity contribution < 1.29 is 23.5 Å². The molecule has 0 aliphatic heterocycles. The topological polar surface area (TPSA) is 67.9 Å². The fraction of sp³-hybridized carbons (Fsp3) is 0.375. The van der Waals surface area contributed by atoms with E-state index in [-0.39, 0.29) is 24.8 Å². The first kappa shape index (κ1) is 29.7. The zero-order valence-corrected chi connectivity index (χ0v) is 23.1. The van der Waals surface area contributed by atoms with Crippen LogP contribution in [0.4, 0.5) is 4.39 Å². The lowest BCUT2D eigenvalue weighted by atomic mass is 10.0. The molecule has 39 heavy (non-hydrogen) atoms. The standard InChI is InChI=1S/C32H39FN2O4/c1-4-20-34-32(37)28(21-24-12-8-7-9-13-24)35(23-26-14-10-11-15-27(26)33)31(36)19-17-25-16-18-29(38-5-2)30(22-25)39-6-3/h7-16,18,22,28H,4-6,17,19-21,23H2,1-3H3,(H,34,37)/t28-/m1/s1. The van der Waals surface area contributed by atoms with Crippen molar-refractivity contribution in [1.82, 2.24) is 10.2 Å². The van der Waals surface area contributed by atoms with Crippen LogP contribution in [0.1, 0.15) is 50.3 Å². The van der Waals surface area contributed by atoms with Gasteiger partial charge in [-0.1, -0.05) is 61.5 Å². The van der Waals surface area contributed by atoms with Gasteiger partial charge in [0.2, 0.25) is 11.8 Å². The van der Waals surface area contributed by atoms with Gasteiger partial charge in [-0.3, -0.25) is 9.59 Å². The van der Waals surface area contributed by atoms with Crippen LogP contribution in [0.3, 0.4) is 0 Å². The molecular formula is C32H39FN2O4. The number of hydrogen-bond donors (Lipinski definition) is 1. The summed E-state index contributed by atoms with van der Waals surface area (Å²) in [6.07, 6.45) is 1.69. The van der Waals surface area contributed by atoms with Gasteiger partial charge in [0.1, 0.15) is 11.9 Å². The Morgan fingerprint density at radius 3 is 2.26 bits per heavy atom. The number of carbonyl (C=O) groups is 2. The van der Waals surface area contributed by atoms with Gasteiger partial charge in [0, 0.05) is 31.5 Å². The molecule has 0 heterocycles. The molecule has 3 aromatic carbocycles. The van der Waals surface area contributed by atoms with E-state index in [2.05, 4.69) is 5.32 Å². The van der Waals surface area contributed by atoms with Crippen molar-refractivity contribution in [3.63, 3.8) is 0 Å². The Bertz CT molecular complexity index is 1200. The quantitative estimate of drug-likeness (QED) is 0.271. The molecule has 1 N–H and O–H groups in total. The van der Waals surface area contributed by atoms with Gasteiger partial charge in [-0.15, -0.1) is 0 Å². The lowest BCUT2D eigenvalue weighted by Gasteiger charge is -2.32. The number of amides is 2. The van der Waals surface area contributed by atoms with Crippen molar-refractivity contribution >= 4 is 11.8 Å². The molecule has 3 aromatic rings. The summed E-state index contributed by atoms with van der Waals surface area (Å²) in [5.41, 5.74) is 2.20. The number of nitrogens with zero attached hydrogens (tertiary/aromatic N) is 1. The van der Waals surface area contributed by atoms with Crippen LogP contribution in [0.15, 0.2) is 72.8 Å². The van der Waals surface area contributed by atoms with Crippen LogP contribution in [0.5, 0.6) is 11.5 Å². The predicted molar refractivity (Wildman–Crippen MR) is 151 cm³/mol. The zero-order chi connectivity index (χ0) is 28.0. The van der Waals surface area contributed by atoms with Crippen LogP contribution in [-0.4, -0.2) is 42.5 Å². The molecule has 0 aliphatic rings. The molecule has 6 nitrogen and oxygen atoms in total. The van der Waals surface area contributed by atoms with Gasteiger partial charge in [-0.25, -0.2) is 4.39 Å². The summed E-state index contributed by atoms with van der Waals surface area (Å²) >= 11 is 0. The summed E-state index contributed by atoms with van der Waals surface area (Å²) < 4.78 is 26.1. The van der Waals surface area contributed by atoms with E-state index in [0.717, 1.165) is 17.5 Å². The molecule has 0 unspecified atom stereocenters. The molecule has 0 radical (unpaired) electrons. The van der Waals surface area contributed by atoms with Crippen molar-refractivity contribution in [2.75, 3.05) is 19.8 Å². The van der Waals surface area contributed by atoms with Gasteiger partial charge >= 0.3 is 0 Å². The van der Waals surface area contributed by atoms with E-state index in [4.69, 9.17) is 9.47 Å². The van der Waals surface area contributed by atoms with Gasteiger partial charge in [-0.2, -0.15) is 0 Å². The minimum Gasteiger partial charge on any atom is -0.490 e. The highest BCUT2D eigenvalue weighted by Gasteiger charge is 2.30. The van der Waals surface area contributed by atoms with Gasteiger partial charge < -0.3 is 19.7 Å². The molecule has 0 saturated heterocycles. The summed E-state index contributed by atoms with van der Waals surface area (Å²) in [4.78, 5) is 28.7. The summed E-state index contributed by atoms with van der Waals surface area (Å²) in [6.45, 7) is 7.30. The molecule has 208 valence electrons. The Morgan fingerprint density at radius 1 is 0.872 bits per heavy atom. The van der Waals surface area contributed by atoms with Crippen LogP contribution in [0.25, 0.3) is 0 Å². The molecule has 0 spiro atoms. The molecule has 0 fully saturated rings. The Balaban J connectivity index is 1.89. The van der Waals surface area contributed by atoms with Crippen LogP contribution in [-0.2, 0) is 29.0 Å². The fourth-order valence-corrected chi connectivity index (χ4v) is 4.38. The number of halogens is 1. The monoisotopic (exact) mass is 534 g/mol. The lowest BCUT2D eigenvalue weighted by molar-refractivity contribution is -0.141. The minimum atomic E-state index is -0.787. The van der Waals surface area contributed by atoms with Gasteiger partial charge in [0.15, 0.2) is 11.5 Å². The van der Waals surface area contributed by atoms with E-state index in [1.165, 1.54) is 11.0 Å². The Hall–Kier alpha value is -3.87. The number of nitrogens with one attached hydrogen (secondary N) is 1. The van der Waals surface area contributed by atoms with Crippen molar-refractivity contribution in [2.24, 2.45) is 0 Å². The molecule has 0 bridgehead atoms. The van der Waals surface area contributed by atoms with Crippen LogP contribution < -0.4 is 14.8 Å². The van der Waals surface area contributed by atoms with Crippen LogP contribution in [0.2, 0.25) is 0 Å². The van der Waals surface area contributed by atoms with Crippen LogP contribution >= 0.6 is 0 Å². The average Bonchev–Trinajstić information content (AvgIpc) is 2.95. The molecule has 3 rings (SSSR count). The number of benzene rings is 3. The molecule has 0 saturated carbocycles. The van der Waals surface area contributed by atoms with Crippen molar-refractivity contribution in [3.05, 3.63) is 95.3 Å². The first-order valence-corrected chi connectivity index (χ1v) is 13.7. The van der Waals surface area contributed by atoms with Crippen LogP contribution in [0, 0.1) is 5.82 Å². The highest BCUT2D eigenvalue weighted by Crippen LogP contribution is 2.29. The number of aryl methyl sites for hydroxylation is 1. The van der Waals surface area contributed by atoms with Gasteiger partial charge in [0.05, 0.1) is 13.2 Å². The fourth-order valence-electron chi connectivity index (χ4n) is 4.38. The zero-order valence-electron chi connectivity index (χ0n) is 23.1. The minimum absolute atomic E-state index is 0.00394. The highest BCUT2D eigenvalue weighted by molar-refractivity contribution is 5.88. The first-order chi connectivity index (χ1) is 19.0. The van der Waals surface area contributed by atoms with Crippen molar-refractivity contribution in [1.29, 1.82) is 0 Å². The third-order valence-corrected chi connectivity index (χ3v) is 6.35. The smallest absolute Gasteiger partial charge is 0.243 e. The van der Waals surface area contributed by atoms with E-state index in [0.29, 0.717) is 49.7 Å². The highest BCUT2D eigenvalue weighted by atomic mass is 19.1. The summed E-state index contributed by atoms with van der Waals surface area (Å²) in [7, 11) is 0. The normalized spacial score (nSPS) is 11.5. The third kappa shape index (κ3) is 8.84. The third-order valence-electron chi connectivity index (χ3n) is 6.35. The van der Waals surface area contributed by atoms with E-state index in [1.807, 2.05) is 69.3 Å². The Labute approximate surface area is 231 Å². The molecule has 2 amide bonds. The summed E-state index contributed by atoms with van der Waals surface area (Å²) in [5.74, 6) is 0.415. The van der Waals surface area contributed by atoms with Crippen molar-refractivity contribution in [3.8, 4) is 11.5 Å². The Morgan fingerprint density at radius 2 is 1.56 bits per heavy atom. The first-order valence-electron chi connectivity index (χ1n) is 13.7. The number of carbonyl (C=O) groups excluding carboxylic acids is 2. The molecule has 7 heteroatoms. The Kier molecular flexibility index (Phi) is 11.8. The summed E-state index contributed by atoms with van der Waals surface area (Å²) in [5, 5.41) is 2.94. The second-order valence-corrected chi connectivity index (χ2v) is 9.26. The molecular weight excluding hydrogens is 495 g/mol. The molecule has 0 aliphatic carbocycles. The van der Waals surface area contributed by atoms with E-state index >= 15 is 0 Å². The summed E-state index contributed by atoms with van der Waals surface area (Å²) in [6, 6.07) is 20.8. The number of ether oxygens (including phenoxy) is 2. The second-order valence-electron chi connectivity index (χ2n) is 9.26. The maximum absolute atomic E-state index is 14.7. The average molecular weight is 535 g/mol. The van der Waals surface area contributed by atoms with E-state index < -0.39 is 11.9 Å². The predicted octanol–water partition coefficient (Wildman–Crippen LogP) is 5.72. The SMILES string of the molecule is CCCNC(=O)[C@@H](Cc1ccccc1)N(Cc1ccccc1F)C(=O)CCc1ccc(OCC)c(OCC)c1.